The van der Waals surface area contributed by atoms with Crippen LogP contribution in [0.3, 0.4) is 0 Å². The summed E-state index contributed by atoms with van der Waals surface area (Å²) in [6.45, 7) is 2.24. The molecule has 2 N–H and O–H groups in total. The van der Waals surface area contributed by atoms with Crippen LogP contribution >= 0.6 is 11.3 Å². The lowest BCUT2D eigenvalue weighted by Gasteiger charge is -2.14. The van der Waals surface area contributed by atoms with E-state index in [1.165, 1.54) is 6.07 Å². The maximum Gasteiger partial charge on any atom is 0.433 e. The molecule has 0 saturated carbocycles. The molecule has 1 fully saturated rings. The Balaban J connectivity index is 1.88. The van der Waals surface area contributed by atoms with Gasteiger partial charge < -0.3 is 10.6 Å². The monoisotopic (exact) mass is 371 g/mol. The van der Waals surface area contributed by atoms with Crippen LogP contribution in [0, 0.1) is 6.92 Å². The Kier molecular flexibility index (Phi) is 4.68. The van der Waals surface area contributed by atoms with Crippen molar-refractivity contribution in [3.63, 3.8) is 0 Å². The Morgan fingerprint density at radius 3 is 2.84 bits per heavy atom. The van der Waals surface area contributed by atoms with Gasteiger partial charge in [0, 0.05) is 11.9 Å². The number of amides is 2. The summed E-state index contributed by atoms with van der Waals surface area (Å²) >= 11 is 0.902. The topological polar surface area (TPSA) is 71.1 Å². The number of nitrogens with one attached hydrogen (secondary N) is 2. The van der Waals surface area contributed by atoms with Crippen molar-refractivity contribution in [2.75, 3.05) is 6.54 Å². The van der Waals surface area contributed by atoms with E-state index in [2.05, 4.69) is 15.6 Å². The summed E-state index contributed by atoms with van der Waals surface area (Å²) in [7, 11) is 0. The van der Waals surface area contributed by atoms with Gasteiger partial charge in [-0.1, -0.05) is 0 Å². The lowest BCUT2D eigenvalue weighted by Crippen LogP contribution is -2.45. The fourth-order valence-corrected chi connectivity index (χ4v) is 3.86. The number of pyridine rings is 1. The second-order valence-electron chi connectivity index (χ2n) is 5.92. The van der Waals surface area contributed by atoms with Gasteiger partial charge in [0.25, 0.3) is 5.91 Å². The minimum Gasteiger partial charge on any atom is -0.354 e. The molecule has 25 heavy (non-hydrogen) atoms. The third-order valence-corrected chi connectivity index (χ3v) is 5.34. The van der Waals surface area contributed by atoms with E-state index in [0.717, 1.165) is 30.2 Å². The molecule has 9 heteroatoms. The lowest BCUT2D eigenvalue weighted by atomic mass is 10.1. The predicted octanol–water partition coefficient (Wildman–Crippen LogP) is 3.02. The van der Waals surface area contributed by atoms with Crippen LogP contribution in [-0.4, -0.2) is 29.4 Å². The Hall–Kier alpha value is -2.16. The molecule has 3 rings (SSSR count). The smallest absolute Gasteiger partial charge is 0.354 e. The van der Waals surface area contributed by atoms with E-state index in [0.29, 0.717) is 23.9 Å². The summed E-state index contributed by atoms with van der Waals surface area (Å²) in [5.74, 6) is -0.696. The number of carbonyl (C=O) groups is 2. The second-order valence-corrected chi connectivity index (χ2v) is 6.92. The average Bonchev–Trinajstić information content (AvgIpc) is 2.75. The quantitative estimate of drug-likeness (QED) is 0.853. The number of fused-ring (bicyclic) bond motifs is 1. The molecular formula is C16H16F3N3O2S. The zero-order valence-electron chi connectivity index (χ0n) is 13.4. The average molecular weight is 371 g/mol. The third kappa shape index (κ3) is 3.60. The number of hydrogen-bond donors (Lipinski definition) is 2. The van der Waals surface area contributed by atoms with Gasteiger partial charge in [0.2, 0.25) is 5.91 Å². The van der Waals surface area contributed by atoms with Gasteiger partial charge in [0.05, 0.1) is 4.88 Å². The zero-order chi connectivity index (χ0) is 18.2. The van der Waals surface area contributed by atoms with Crippen molar-refractivity contribution in [1.82, 2.24) is 15.6 Å². The summed E-state index contributed by atoms with van der Waals surface area (Å²) in [6.07, 6.45) is -2.33. The minimum absolute atomic E-state index is 0.155. The minimum atomic E-state index is -4.53. The molecule has 1 atom stereocenters. The standard InChI is InChI=1S/C16H16F3N3O2S/c1-8-9-5-6-11(16(17,18)19)22-15(9)25-12(8)14(24)21-10-4-2-3-7-20-13(10)23/h5-6,10H,2-4,7H2,1H3,(H,20,23)(H,21,24)/t10-/m0/s1. The molecule has 0 aliphatic carbocycles. The molecule has 0 aromatic carbocycles. The first-order valence-electron chi connectivity index (χ1n) is 7.83. The van der Waals surface area contributed by atoms with Crippen molar-refractivity contribution >= 4 is 33.4 Å². The van der Waals surface area contributed by atoms with Crippen molar-refractivity contribution in [3.8, 4) is 0 Å². The molecule has 2 aromatic heterocycles. The molecule has 2 amide bonds. The van der Waals surface area contributed by atoms with Crippen LogP contribution in [0.4, 0.5) is 13.2 Å². The molecule has 3 heterocycles. The van der Waals surface area contributed by atoms with E-state index >= 15 is 0 Å². The molecule has 0 unspecified atom stereocenters. The Bertz CT molecular complexity index is 832. The van der Waals surface area contributed by atoms with Crippen molar-refractivity contribution in [2.45, 2.75) is 38.4 Å². The number of hydrogen-bond acceptors (Lipinski definition) is 4. The van der Waals surface area contributed by atoms with Crippen molar-refractivity contribution in [2.24, 2.45) is 0 Å². The van der Waals surface area contributed by atoms with Crippen molar-refractivity contribution in [3.05, 3.63) is 28.3 Å². The predicted molar refractivity (Wildman–Crippen MR) is 87.5 cm³/mol. The molecule has 0 radical (unpaired) electrons. The number of aryl methyl sites for hydroxylation is 1. The van der Waals surface area contributed by atoms with Crippen LogP contribution in [0.15, 0.2) is 12.1 Å². The molecule has 1 saturated heterocycles. The van der Waals surface area contributed by atoms with Crippen LogP contribution < -0.4 is 10.6 Å². The summed E-state index contributed by atoms with van der Waals surface area (Å²) in [5, 5.41) is 5.92. The zero-order valence-corrected chi connectivity index (χ0v) is 14.2. The van der Waals surface area contributed by atoms with Gasteiger partial charge in [0.1, 0.15) is 16.6 Å². The second kappa shape index (κ2) is 6.62. The lowest BCUT2D eigenvalue weighted by molar-refractivity contribution is -0.140. The third-order valence-electron chi connectivity index (χ3n) is 4.14. The van der Waals surface area contributed by atoms with Gasteiger partial charge in [-0.15, -0.1) is 11.3 Å². The van der Waals surface area contributed by atoms with Gasteiger partial charge in [-0.2, -0.15) is 13.2 Å². The van der Waals surface area contributed by atoms with Crippen LogP contribution in [0.5, 0.6) is 0 Å². The normalized spacial score (nSPS) is 18.7. The van der Waals surface area contributed by atoms with E-state index in [9.17, 15) is 22.8 Å². The Morgan fingerprint density at radius 2 is 2.12 bits per heavy atom. The molecule has 1 aliphatic rings. The molecule has 2 aromatic rings. The number of halogens is 3. The molecule has 0 bridgehead atoms. The maximum absolute atomic E-state index is 12.8. The van der Waals surface area contributed by atoms with Crippen molar-refractivity contribution < 1.29 is 22.8 Å². The Morgan fingerprint density at radius 1 is 1.36 bits per heavy atom. The maximum atomic E-state index is 12.8. The van der Waals surface area contributed by atoms with Gasteiger partial charge in [-0.3, -0.25) is 9.59 Å². The number of nitrogens with zero attached hydrogens (tertiary/aromatic N) is 1. The van der Waals surface area contributed by atoms with Crippen LogP contribution in [0.2, 0.25) is 0 Å². The molecule has 5 nitrogen and oxygen atoms in total. The van der Waals surface area contributed by atoms with E-state index < -0.39 is 23.8 Å². The number of thiophene rings is 1. The Labute approximate surface area is 145 Å². The van der Waals surface area contributed by atoms with E-state index in [-0.39, 0.29) is 15.6 Å². The summed E-state index contributed by atoms with van der Waals surface area (Å²) in [4.78, 5) is 28.5. The highest BCUT2D eigenvalue weighted by molar-refractivity contribution is 7.20. The van der Waals surface area contributed by atoms with Crippen molar-refractivity contribution in [1.29, 1.82) is 0 Å². The molecule has 134 valence electrons. The number of aromatic nitrogens is 1. The highest BCUT2D eigenvalue weighted by Crippen LogP contribution is 2.34. The van der Waals surface area contributed by atoms with Gasteiger partial charge >= 0.3 is 6.18 Å². The van der Waals surface area contributed by atoms with Gasteiger partial charge in [0.15, 0.2) is 0 Å². The highest BCUT2D eigenvalue weighted by Gasteiger charge is 2.33. The summed E-state index contributed by atoms with van der Waals surface area (Å²) in [5.41, 5.74) is -0.427. The van der Waals surface area contributed by atoms with E-state index in [1.807, 2.05) is 0 Å². The fraction of sp³-hybridized carbons (Fsp3) is 0.438. The first-order valence-corrected chi connectivity index (χ1v) is 8.65. The summed E-state index contributed by atoms with van der Waals surface area (Å²) < 4.78 is 38.4. The first kappa shape index (κ1) is 17.7. The largest absolute Gasteiger partial charge is 0.433 e. The van der Waals surface area contributed by atoms with E-state index in [4.69, 9.17) is 0 Å². The number of alkyl halides is 3. The SMILES string of the molecule is Cc1c(C(=O)N[C@H]2CCCCNC2=O)sc2nc(C(F)(F)F)ccc12. The molecule has 0 spiro atoms. The number of rotatable bonds is 2. The van der Waals surface area contributed by atoms with Gasteiger partial charge in [-0.05, 0) is 43.9 Å². The summed E-state index contributed by atoms with van der Waals surface area (Å²) in [6, 6.07) is 1.60. The van der Waals surface area contributed by atoms with Crippen LogP contribution in [-0.2, 0) is 11.0 Å². The first-order chi connectivity index (χ1) is 11.8. The molecule has 1 aliphatic heterocycles. The van der Waals surface area contributed by atoms with Gasteiger partial charge in [-0.25, -0.2) is 4.98 Å². The highest BCUT2D eigenvalue weighted by atomic mass is 32.1. The number of carbonyl (C=O) groups excluding carboxylic acids is 2. The fourth-order valence-electron chi connectivity index (χ4n) is 2.77. The molecular weight excluding hydrogens is 355 g/mol. The van der Waals surface area contributed by atoms with E-state index in [1.54, 1.807) is 6.92 Å². The van der Waals surface area contributed by atoms with Crippen LogP contribution in [0.25, 0.3) is 10.2 Å². The van der Waals surface area contributed by atoms with Crippen LogP contribution in [0.1, 0.15) is 40.2 Å².